The van der Waals surface area contributed by atoms with Crippen molar-refractivity contribution in [2.24, 2.45) is 11.8 Å². The number of rotatable bonds is 9. The van der Waals surface area contributed by atoms with Gasteiger partial charge in [0, 0.05) is 35.7 Å². The van der Waals surface area contributed by atoms with Crippen molar-refractivity contribution in [3.63, 3.8) is 0 Å². The van der Waals surface area contributed by atoms with E-state index >= 15 is 0 Å². The highest BCUT2D eigenvalue weighted by Gasteiger charge is 2.34. The molecule has 2 saturated carbocycles. The average molecular weight is 421 g/mol. The molecular weight excluding hydrogens is 376 g/mol. The highest BCUT2D eigenvalue weighted by atomic mass is 15.2. The van der Waals surface area contributed by atoms with Crippen molar-refractivity contribution in [3.8, 4) is 0 Å². The first-order valence-corrected chi connectivity index (χ1v) is 13.1. The Bertz CT molecular complexity index is 870. The Morgan fingerprint density at radius 1 is 1.10 bits per heavy atom. The van der Waals surface area contributed by atoms with Crippen molar-refractivity contribution in [2.45, 2.75) is 97.6 Å². The molecule has 0 radical (unpaired) electrons. The van der Waals surface area contributed by atoms with Gasteiger partial charge in [-0.05, 0) is 87.6 Å². The highest BCUT2D eigenvalue weighted by molar-refractivity contribution is 5.92. The van der Waals surface area contributed by atoms with Gasteiger partial charge < -0.3 is 9.47 Å². The van der Waals surface area contributed by atoms with Crippen molar-refractivity contribution >= 4 is 16.5 Å². The van der Waals surface area contributed by atoms with Crippen LogP contribution in [0.15, 0.2) is 36.5 Å². The average Bonchev–Trinajstić information content (AvgIpc) is 3.56. The smallest absolute Gasteiger partial charge is 0.0489 e. The van der Waals surface area contributed by atoms with Crippen LogP contribution in [0.2, 0.25) is 0 Å². The fourth-order valence-corrected chi connectivity index (χ4v) is 6.64. The largest absolute Gasteiger partial charge is 0.344 e. The molecule has 0 bridgehead atoms. The van der Waals surface area contributed by atoms with E-state index in [0.29, 0.717) is 6.04 Å². The van der Waals surface area contributed by atoms with Crippen molar-refractivity contribution in [1.82, 2.24) is 9.47 Å². The van der Waals surface area contributed by atoms with Gasteiger partial charge in [-0.25, -0.2) is 0 Å². The molecule has 3 unspecified atom stereocenters. The van der Waals surface area contributed by atoms with E-state index in [1.54, 1.807) is 0 Å². The summed E-state index contributed by atoms with van der Waals surface area (Å²) in [5, 5.41) is 1.40. The molecule has 0 saturated heterocycles. The molecule has 2 aromatic rings. The lowest BCUT2D eigenvalue weighted by molar-refractivity contribution is 0.185. The quantitative estimate of drug-likeness (QED) is 0.398. The summed E-state index contributed by atoms with van der Waals surface area (Å²) >= 11 is 0. The molecule has 0 spiro atoms. The van der Waals surface area contributed by atoms with Crippen LogP contribution in [0.25, 0.3) is 16.5 Å². The third kappa shape index (κ3) is 4.80. The van der Waals surface area contributed by atoms with E-state index in [1.165, 1.54) is 92.9 Å². The number of allylic oxidation sites excluding steroid dienone is 2. The van der Waals surface area contributed by atoms with Gasteiger partial charge in [0.25, 0.3) is 0 Å². The van der Waals surface area contributed by atoms with E-state index in [4.69, 9.17) is 0 Å². The lowest BCUT2D eigenvalue weighted by atomic mass is 9.89. The van der Waals surface area contributed by atoms with Gasteiger partial charge in [0.05, 0.1) is 0 Å². The van der Waals surface area contributed by atoms with E-state index in [2.05, 4.69) is 73.7 Å². The Labute approximate surface area is 190 Å². The van der Waals surface area contributed by atoms with Crippen molar-refractivity contribution in [1.29, 1.82) is 0 Å². The molecule has 2 aliphatic carbocycles. The summed E-state index contributed by atoms with van der Waals surface area (Å²) in [4.78, 5) is 2.82. The predicted molar refractivity (Wildman–Crippen MR) is 136 cm³/mol. The van der Waals surface area contributed by atoms with Gasteiger partial charge in [-0.15, -0.1) is 0 Å². The summed E-state index contributed by atoms with van der Waals surface area (Å²) < 4.78 is 2.56. The zero-order chi connectivity index (χ0) is 21.8. The zero-order valence-corrected chi connectivity index (χ0v) is 20.4. The minimum Gasteiger partial charge on any atom is -0.344 e. The lowest BCUT2D eigenvalue weighted by Crippen LogP contribution is -2.35. The topological polar surface area (TPSA) is 8.17 Å². The van der Waals surface area contributed by atoms with Crippen LogP contribution < -0.4 is 0 Å². The summed E-state index contributed by atoms with van der Waals surface area (Å²) in [6.45, 7) is 11.5. The van der Waals surface area contributed by atoms with Gasteiger partial charge in [-0.1, -0.05) is 57.7 Å². The Hall–Kier alpha value is -1.54. The maximum Gasteiger partial charge on any atom is 0.0489 e. The van der Waals surface area contributed by atoms with Gasteiger partial charge >= 0.3 is 0 Å². The molecule has 1 aromatic carbocycles. The molecule has 2 fully saturated rings. The van der Waals surface area contributed by atoms with E-state index in [-0.39, 0.29) is 0 Å². The first kappa shape index (κ1) is 22.6. The molecule has 3 atom stereocenters. The molecule has 1 aromatic heterocycles. The van der Waals surface area contributed by atoms with E-state index in [1.807, 2.05) is 0 Å². The second-order valence-corrected chi connectivity index (χ2v) is 10.2. The van der Waals surface area contributed by atoms with E-state index < -0.39 is 0 Å². The van der Waals surface area contributed by atoms with E-state index in [9.17, 15) is 0 Å². The van der Waals surface area contributed by atoms with Gasteiger partial charge in [0.1, 0.15) is 0 Å². The fourth-order valence-electron chi connectivity index (χ4n) is 6.64. The Morgan fingerprint density at radius 2 is 1.90 bits per heavy atom. The summed E-state index contributed by atoms with van der Waals surface area (Å²) in [7, 11) is 0. The summed E-state index contributed by atoms with van der Waals surface area (Å²) in [5.74, 6) is 2.07. The van der Waals surface area contributed by atoms with Gasteiger partial charge in [0.15, 0.2) is 0 Å². The normalized spacial score (nSPS) is 24.0. The second-order valence-electron chi connectivity index (χ2n) is 10.2. The van der Waals surface area contributed by atoms with Crippen LogP contribution in [0.5, 0.6) is 0 Å². The Kier molecular flexibility index (Phi) is 7.59. The van der Waals surface area contributed by atoms with Crippen LogP contribution >= 0.6 is 0 Å². The predicted octanol–water partition coefficient (Wildman–Crippen LogP) is 8.09. The van der Waals surface area contributed by atoms with Crippen LogP contribution in [-0.4, -0.2) is 28.6 Å². The SMILES string of the molecule is C/C=C(\C)c1cccc2c1ccn2C(CC)CCN(CC)C1CCC(C2CCCC2)C1. The fraction of sp³-hybridized carbons (Fsp3) is 0.655. The molecule has 0 N–H and O–H groups in total. The number of hydrogen-bond donors (Lipinski definition) is 0. The maximum absolute atomic E-state index is 2.82. The molecule has 0 aliphatic heterocycles. The molecule has 4 rings (SSSR count). The highest BCUT2D eigenvalue weighted by Crippen LogP contribution is 2.42. The lowest BCUT2D eigenvalue weighted by Gasteiger charge is -2.30. The molecule has 2 nitrogen and oxygen atoms in total. The van der Waals surface area contributed by atoms with Crippen molar-refractivity contribution in [3.05, 3.63) is 42.1 Å². The van der Waals surface area contributed by atoms with Crippen LogP contribution in [0.3, 0.4) is 0 Å². The van der Waals surface area contributed by atoms with Crippen LogP contribution in [0, 0.1) is 11.8 Å². The number of benzene rings is 1. The minimum absolute atomic E-state index is 0.583. The van der Waals surface area contributed by atoms with Crippen molar-refractivity contribution < 1.29 is 0 Å². The monoisotopic (exact) mass is 420 g/mol. The van der Waals surface area contributed by atoms with Crippen LogP contribution in [0.4, 0.5) is 0 Å². The second kappa shape index (κ2) is 10.4. The van der Waals surface area contributed by atoms with Crippen molar-refractivity contribution in [2.75, 3.05) is 13.1 Å². The third-order valence-electron chi connectivity index (χ3n) is 8.67. The molecule has 170 valence electrons. The third-order valence-corrected chi connectivity index (χ3v) is 8.67. The summed E-state index contributed by atoms with van der Waals surface area (Å²) in [5.41, 5.74) is 4.15. The molecule has 1 heterocycles. The number of hydrogen-bond acceptors (Lipinski definition) is 1. The zero-order valence-electron chi connectivity index (χ0n) is 20.4. The first-order chi connectivity index (χ1) is 15.2. The maximum atomic E-state index is 2.82. The van der Waals surface area contributed by atoms with Gasteiger partial charge in [-0.3, -0.25) is 0 Å². The molecule has 31 heavy (non-hydrogen) atoms. The number of nitrogens with zero attached hydrogens (tertiary/aromatic N) is 2. The molecular formula is C29H44N2. The number of aromatic nitrogens is 1. The number of fused-ring (bicyclic) bond motifs is 1. The van der Waals surface area contributed by atoms with Crippen LogP contribution in [-0.2, 0) is 0 Å². The Balaban J connectivity index is 1.43. The van der Waals surface area contributed by atoms with Gasteiger partial charge in [0.2, 0.25) is 0 Å². The first-order valence-electron chi connectivity index (χ1n) is 13.1. The molecule has 0 amide bonds. The van der Waals surface area contributed by atoms with Gasteiger partial charge in [-0.2, -0.15) is 0 Å². The Morgan fingerprint density at radius 3 is 2.61 bits per heavy atom. The van der Waals surface area contributed by atoms with Crippen LogP contribution in [0.1, 0.15) is 97.1 Å². The summed E-state index contributed by atoms with van der Waals surface area (Å²) in [6, 6.07) is 10.6. The molecule has 2 aliphatic rings. The summed E-state index contributed by atoms with van der Waals surface area (Å²) in [6.07, 6.45) is 17.4. The minimum atomic E-state index is 0.583. The molecule has 2 heteroatoms. The van der Waals surface area contributed by atoms with E-state index in [0.717, 1.165) is 17.9 Å². The standard InChI is InChI=1S/C29H44N2/c1-5-22(4)27-13-10-14-29-28(27)18-20-31(29)25(6-2)17-19-30(7-3)26-16-15-24(21-26)23-11-8-9-12-23/h5,10,13-14,18,20,23-26H,6-9,11-12,15-17,19,21H2,1-4H3/b22-5+.